The maximum Gasteiger partial charge on any atom is 0.122 e. The van der Waals surface area contributed by atoms with E-state index in [1.54, 1.807) is 0 Å². The molecule has 1 aliphatic carbocycles. The highest BCUT2D eigenvalue weighted by molar-refractivity contribution is 5.48. The molecule has 28 heavy (non-hydrogen) atoms. The summed E-state index contributed by atoms with van der Waals surface area (Å²) in [6, 6.07) is 13.0. The Bertz CT molecular complexity index is 719. The van der Waals surface area contributed by atoms with Gasteiger partial charge < -0.3 is 19.7 Å². The summed E-state index contributed by atoms with van der Waals surface area (Å²) < 4.78 is 11.3. The van der Waals surface area contributed by atoms with Crippen LogP contribution in [0, 0.1) is 13.8 Å². The number of aliphatic hydroxyl groups is 2. The van der Waals surface area contributed by atoms with Crippen LogP contribution in [0.5, 0.6) is 11.5 Å². The van der Waals surface area contributed by atoms with E-state index in [9.17, 15) is 0 Å². The van der Waals surface area contributed by atoms with Crippen LogP contribution in [-0.2, 0) is 5.41 Å². The minimum absolute atomic E-state index is 0.0127. The van der Waals surface area contributed by atoms with Crippen molar-refractivity contribution in [3.63, 3.8) is 0 Å². The van der Waals surface area contributed by atoms with Crippen molar-refractivity contribution in [2.75, 3.05) is 26.4 Å². The van der Waals surface area contributed by atoms with Gasteiger partial charge in [-0.3, -0.25) is 0 Å². The molecule has 1 aliphatic rings. The van der Waals surface area contributed by atoms with Crippen molar-refractivity contribution >= 4 is 0 Å². The molecule has 0 atom stereocenters. The van der Waals surface area contributed by atoms with Crippen LogP contribution in [0.4, 0.5) is 0 Å². The summed E-state index contributed by atoms with van der Waals surface area (Å²) >= 11 is 0. The van der Waals surface area contributed by atoms with Crippen molar-refractivity contribution in [1.29, 1.82) is 0 Å². The van der Waals surface area contributed by atoms with Crippen molar-refractivity contribution in [2.24, 2.45) is 0 Å². The van der Waals surface area contributed by atoms with Crippen LogP contribution >= 0.6 is 0 Å². The first-order chi connectivity index (χ1) is 13.6. The van der Waals surface area contributed by atoms with Crippen LogP contribution in [0.2, 0.25) is 0 Å². The average Bonchev–Trinajstić information content (AvgIpc) is 2.72. The molecule has 4 heteroatoms. The monoisotopic (exact) mass is 384 g/mol. The number of hydrogen-bond acceptors (Lipinski definition) is 4. The van der Waals surface area contributed by atoms with Crippen molar-refractivity contribution in [3.8, 4) is 11.5 Å². The minimum Gasteiger partial charge on any atom is -0.491 e. The van der Waals surface area contributed by atoms with E-state index in [1.165, 1.54) is 30.4 Å². The number of benzene rings is 2. The zero-order valence-electron chi connectivity index (χ0n) is 17.0. The second-order valence-corrected chi connectivity index (χ2v) is 7.75. The average molecular weight is 385 g/mol. The second-order valence-electron chi connectivity index (χ2n) is 7.75. The SMILES string of the molecule is Cc1cc(C2(c3ccc(OCCO)c(C)c3)CCCCC2)ccc1OCCO. The van der Waals surface area contributed by atoms with Crippen molar-refractivity contribution in [1.82, 2.24) is 0 Å². The molecule has 3 rings (SSSR count). The molecular formula is C24H32O4. The van der Waals surface area contributed by atoms with Crippen molar-refractivity contribution in [2.45, 2.75) is 51.4 Å². The molecular weight excluding hydrogens is 352 g/mol. The Morgan fingerprint density at radius 1 is 0.750 bits per heavy atom. The first-order valence-electron chi connectivity index (χ1n) is 10.3. The van der Waals surface area contributed by atoms with Crippen LogP contribution in [-0.4, -0.2) is 36.6 Å². The van der Waals surface area contributed by atoms with Gasteiger partial charge in [0.1, 0.15) is 24.7 Å². The Labute approximate surface area is 168 Å². The van der Waals surface area contributed by atoms with E-state index in [-0.39, 0.29) is 18.6 Å². The molecule has 0 radical (unpaired) electrons. The summed E-state index contributed by atoms with van der Waals surface area (Å²) in [5, 5.41) is 18.0. The first kappa shape index (κ1) is 20.7. The highest BCUT2D eigenvalue weighted by Gasteiger charge is 2.36. The lowest BCUT2D eigenvalue weighted by Crippen LogP contribution is -2.30. The largest absolute Gasteiger partial charge is 0.491 e. The molecule has 4 nitrogen and oxygen atoms in total. The molecule has 0 spiro atoms. The Kier molecular flexibility index (Phi) is 6.97. The number of aryl methyl sites for hydroxylation is 2. The molecule has 0 bridgehead atoms. The highest BCUT2D eigenvalue weighted by Crippen LogP contribution is 2.46. The summed E-state index contributed by atoms with van der Waals surface area (Å²) in [6.07, 6.45) is 6.02. The van der Waals surface area contributed by atoms with Gasteiger partial charge in [-0.2, -0.15) is 0 Å². The van der Waals surface area contributed by atoms with Gasteiger partial charge in [0.05, 0.1) is 13.2 Å². The molecule has 2 aromatic rings. The predicted molar refractivity (Wildman–Crippen MR) is 111 cm³/mol. The Morgan fingerprint density at radius 3 is 1.61 bits per heavy atom. The smallest absolute Gasteiger partial charge is 0.122 e. The standard InChI is InChI=1S/C24H32O4/c1-18-16-20(6-8-22(18)27-14-12-25)24(10-4-3-5-11-24)21-7-9-23(19(2)17-21)28-15-13-26/h6-9,16-17,25-26H,3-5,10-15H2,1-2H3. The van der Waals surface area contributed by atoms with Gasteiger partial charge in [0, 0.05) is 5.41 Å². The van der Waals surface area contributed by atoms with E-state index < -0.39 is 0 Å². The van der Waals surface area contributed by atoms with E-state index in [4.69, 9.17) is 19.7 Å². The van der Waals surface area contributed by atoms with Crippen LogP contribution in [0.15, 0.2) is 36.4 Å². The first-order valence-corrected chi connectivity index (χ1v) is 10.3. The van der Waals surface area contributed by atoms with Crippen LogP contribution < -0.4 is 9.47 Å². The zero-order chi connectivity index (χ0) is 20.0. The van der Waals surface area contributed by atoms with E-state index in [0.717, 1.165) is 35.5 Å². The highest BCUT2D eigenvalue weighted by atomic mass is 16.5. The van der Waals surface area contributed by atoms with E-state index in [2.05, 4.69) is 38.1 Å². The van der Waals surface area contributed by atoms with E-state index in [1.807, 2.05) is 12.1 Å². The van der Waals surface area contributed by atoms with Crippen LogP contribution in [0.25, 0.3) is 0 Å². The van der Waals surface area contributed by atoms with Gasteiger partial charge >= 0.3 is 0 Å². The molecule has 0 aromatic heterocycles. The maximum absolute atomic E-state index is 9.02. The van der Waals surface area contributed by atoms with Gasteiger partial charge in [-0.05, 0) is 61.1 Å². The van der Waals surface area contributed by atoms with Crippen LogP contribution in [0.1, 0.15) is 54.4 Å². The third-order valence-electron chi connectivity index (χ3n) is 5.86. The Morgan fingerprint density at radius 2 is 1.21 bits per heavy atom. The number of rotatable bonds is 8. The molecule has 0 unspecified atom stereocenters. The second kappa shape index (κ2) is 9.44. The van der Waals surface area contributed by atoms with Gasteiger partial charge in [0.2, 0.25) is 0 Å². The zero-order valence-corrected chi connectivity index (χ0v) is 17.0. The van der Waals surface area contributed by atoms with Crippen molar-refractivity contribution in [3.05, 3.63) is 58.7 Å². The summed E-state index contributed by atoms with van der Waals surface area (Å²) in [5.74, 6) is 1.68. The lowest BCUT2D eigenvalue weighted by molar-refractivity contribution is 0.200. The molecule has 1 fully saturated rings. The topological polar surface area (TPSA) is 58.9 Å². The van der Waals surface area contributed by atoms with Crippen molar-refractivity contribution < 1.29 is 19.7 Å². The molecule has 0 heterocycles. The molecule has 152 valence electrons. The quantitative estimate of drug-likeness (QED) is 0.713. The number of ether oxygens (including phenoxy) is 2. The van der Waals surface area contributed by atoms with Gasteiger partial charge in [0.25, 0.3) is 0 Å². The van der Waals surface area contributed by atoms with E-state index >= 15 is 0 Å². The molecule has 2 aromatic carbocycles. The molecule has 2 N–H and O–H groups in total. The summed E-state index contributed by atoms with van der Waals surface area (Å²) in [4.78, 5) is 0. The molecule has 0 amide bonds. The van der Waals surface area contributed by atoms with Gasteiger partial charge in [0.15, 0.2) is 0 Å². The normalized spacial score (nSPS) is 16.0. The number of aliphatic hydroxyl groups excluding tert-OH is 2. The third-order valence-corrected chi connectivity index (χ3v) is 5.86. The fourth-order valence-electron chi connectivity index (χ4n) is 4.43. The van der Waals surface area contributed by atoms with Crippen LogP contribution in [0.3, 0.4) is 0 Å². The van der Waals surface area contributed by atoms with Gasteiger partial charge in [-0.15, -0.1) is 0 Å². The molecule has 1 saturated carbocycles. The lowest BCUT2D eigenvalue weighted by atomic mass is 9.65. The molecule has 0 saturated heterocycles. The summed E-state index contributed by atoms with van der Waals surface area (Å²) in [6.45, 7) is 4.83. The minimum atomic E-state index is 0.0127. The van der Waals surface area contributed by atoms with Gasteiger partial charge in [-0.25, -0.2) is 0 Å². The fourth-order valence-corrected chi connectivity index (χ4v) is 4.43. The molecule has 0 aliphatic heterocycles. The Hall–Kier alpha value is -2.04. The van der Waals surface area contributed by atoms with E-state index in [0.29, 0.717) is 13.2 Å². The summed E-state index contributed by atoms with van der Waals surface area (Å²) in [5.41, 5.74) is 4.90. The fraction of sp³-hybridized carbons (Fsp3) is 0.500. The van der Waals surface area contributed by atoms with Gasteiger partial charge in [-0.1, -0.05) is 43.5 Å². The predicted octanol–water partition coefficient (Wildman–Crippen LogP) is 4.30. The lowest BCUT2D eigenvalue weighted by Gasteiger charge is -2.39. The third kappa shape index (κ3) is 4.34. The summed E-state index contributed by atoms with van der Waals surface area (Å²) in [7, 11) is 0. The Balaban J connectivity index is 1.97. The number of hydrogen-bond donors (Lipinski definition) is 2. The maximum atomic E-state index is 9.02.